The van der Waals surface area contributed by atoms with E-state index in [2.05, 4.69) is 4.98 Å². The number of benzene rings is 1. The zero-order valence-corrected chi connectivity index (χ0v) is 16.4. The predicted octanol–water partition coefficient (Wildman–Crippen LogP) is 3.24. The predicted molar refractivity (Wildman–Crippen MR) is 101 cm³/mol. The molecule has 0 aliphatic carbocycles. The molecule has 0 saturated carbocycles. The van der Waals surface area contributed by atoms with Crippen LogP contribution in [0.1, 0.15) is 12.5 Å². The molecule has 1 unspecified atom stereocenters. The van der Waals surface area contributed by atoms with Gasteiger partial charge in [-0.05, 0) is 43.3 Å². The van der Waals surface area contributed by atoms with Crippen molar-refractivity contribution in [1.82, 2.24) is 9.29 Å². The minimum absolute atomic E-state index is 0.0659. The van der Waals surface area contributed by atoms with Gasteiger partial charge in [0, 0.05) is 31.4 Å². The molecule has 2 heterocycles. The first-order valence-electron chi connectivity index (χ1n) is 8.35. The molecule has 1 aromatic carbocycles. The zero-order valence-electron chi connectivity index (χ0n) is 14.8. The summed E-state index contributed by atoms with van der Waals surface area (Å²) in [6, 6.07) is 7.06. The van der Waals surface area contributed by atoms with Gasteiger partial charge < -0.3 is 10.6 Å². The highest BCUT2D eigenvalue weighted by Crippen LogP contribution is 2.33. The number of pyridine rings is 1. The Morgan fingerprint density at radius 1 is 1.18 bits per heavy atom. The first-order valence-corrected chi connectivity index (χ1v) is 10.2. The summed E-state index contributed by atoms with van der Waals surface area (Å²) in [5.41, 5.74) is 5.15. The molecule has 1 aromatic heterocycles. The highest BCUT2D eigenvalue weighted by Gasteiger charge is 2.36. The van der Waals surface area contributed by atoms with Gasteiger partial charge in [-0.1, -0.05) is 11.6 Å². The highest BCUT2D eigenvalue weighted by atomic mass is 35.5. The average Bonchev–Trinajstić information content (AvgIpc) is 2.60. The van der Waals surface area contributed by atoms with E-state index in [0.29, 0.717) is 5.69 Å². The fourth-order valence-corrected chi connectivity index (χ4v) is 4.91. The second-order valence-electron chi connectivity index (χ2n) is 6.51. The van der Waals surface area contributed by atoms with E-state index < -0.39 is 27.8 Å². The maximum absolute atomic E-state index is 13.0. The summed E-state index contributed by atoms with van der Waals surface area (Å²) < 4.78 is 66.1. The van der Waals surface area contributed by atoms with E-state index in [4.69, 9.17) is 17.3 Å². The van der Waals surface area contributed by atoms with Crippen molar-refractivity contribution < 1.29 is 21.6 Å². The van der Waals surface area contributed by atoms with Crippen LogP contribution in [-0.2, 0) is 16.2 Å². The molecule has 11 heteroatoms. The third kappa shape index (κ3) is 4.18. The van der Waals surface area contributed by atoms with Crippen molar-refractivity contribution >= 4 is 33.1 Å². The lowest BCUT2D eigenvalue weighted by Crippen LogP contribution is -2.54. The van der Waals surface area contributed by atoms with Crippen LogP contribution in [0.15, 0.2) is 41.3 Å². The minimum Gasteiger partial charge on any atom is -0.399 e. The van der Waals surface area contributed by atoms with Gasteiger partial charge >= 0.3 is 6.18 Å². The topological polar surface area (TPSA) is 79.5 Å². The highest BCUT2D eigenvalue weighted by molar-refractivity contribution is 7.89. The maximum Gasteiger partial charge on any atom is 0.416 e. The Hall–Kier alpha value is -2.04. The number of nitrogen functional groups attached to an aromatic ring is 1. The SMILES string of the molecule is CC1CN(c2cc(C(F)(F)F)cc(Cl)n2)CCN1S(=O)(=O)c1ccc(N)cc1. The van der Waals surface area contributed by atoms with Gasteiger partial charge in [0.05, 0.1) is 10.5 Å². The molecule has 152 valence electrons. The zero-order chi connectivity index (χ0) is 20.7. The normalized spacial score (nSPS) is 19.0. The number of piperazine rings is 1. The molecular weight excluding hydrogens is 417 g/mol. The number of aromatic nitrogens is 1. The molecule has 2 aromatic rings. The molecule has 0 amide bonds. The van der Waals surface area contributed by atoms with Crippen molar-refractivity contribution in [3.8, 4) is 0 Å². The summed E-state index contributed by atoms with van der Waals surface area (Å²) >= 11 is 5.75. The molecular formula is C17H18ClF3N4O2S. The number of rotatable bonds is 3. The van der Waals surface area contributed by atoms with Gasteiger partial charge in [-0.2, -0.15) is 17.5 Å². The van der Waals surface area contributed by atoms with E-state index in [1.807, 2.05) is 0 Å². The van der Waals surface area contributed by atoms with Gasteiger partial charge in [0.1, 0.15) is 11.0 Å². The molecule has 1 fully saturated rings. The fourth-order valence-electron chi connectivity index (χ4n) is 3.09. The summed E-state index contributed by atoms with van der Waals surface area (Å²) in [4.78, 5) is 5.68. The van der Waals surface area contributed by atoms with Crippen LogP contribution in [-0.4, -0.2) is 43.4 Å². The first-order chi connectivity index (χ1) is 13.0. The molecule has 6 nitrogen and oxygen atoms in total. The molecule has 0 bridgehead atoms. The lowest BCUT2D eigenvalue weighted by molar-refractivity contribution is -0.137. The number of sulfonamides is 1. The van der Waals surface area contributed by atoms with Crippen molar-refractivity contribution in [2.45, 2.75) is 24.0 Å². The van der Waals surface area contributed by atoms with E-state index >= 15 is 0 Å². The summed E-state index contributed by atoms with van der Waals surface area (Å²) in [6.07, 6.45) is -4.55. The number of nitrogens with zero attached hydrogens (tertiary/aromatic N) is 3. The van der Waals surface area contributed by atoms with Crippen LogP contribution in [0.5, 0.6) is 0 Å². The van der Waals surface area contributed by atoms with Gasteiger partial charge in [-0.3, -0.25) is 0 Å². The Balaban J connectivity index is 1.82. The molecule has 0 radical (unpaired) electrons. The molecule has 1 aliphatic heterocycles. The second-order valence-corrected chi connectivity index (χ2v) is 8.79. The van der Waals surface area contributed by atoms with Gasteiger partial charge in [0.25, 0.3) is 0 Å². The number of alkyl halides is 3. The fraction of sp³-hybridized carbons (Fsp3) is 0.353. The van der Waals surface area contributed by atoms with Crippen LogP contribution in [0.25, 0.3) is 0 Å². The van der Waals surface area contributed by atoms with Crippen molar-refractivity contribution in [2.24, 2.45) is 0 Å². The Labute approximate surface area is 165 Å². The average molecular weight is 435 g/mol. The summed E-state index contributed by atoms with van der Waals surface area (Å²) in [5, 5.41) is -0.269. The number of halogens is 4. The lowest BCUT2D eigenvalue weighted by Gasteiger charge is -2.39. The molecule has 1 atom stereocenters. The van der Waals surface area contributed by atoms with Gasteiger partial charge in [-0.15, -0.1) is 0 Å². The van der Waals surface area contributed by atoms with Crippen molar-refractivity contribution in [1.29, 1.82) is 0 Å². The smallest absolute Gasteiger partial charge is 0.399 e. The van der Waals surface area contributed by atoms with Crippen LogP contribution < -0.4 is 10.6 Å². The summed E-state index contributed by atoms with van der Waals surface area (Å²) in [7, 11) is -3.75. The van der Waals surface area contributed by atoms with Crippen molar-refractivity contribution in [2.75, 3.05) is 30.3 Å². The number of hydrogen-bond donors (Lipinski definition) is 1. The quantitative estimate of drug-likeness (QED) is 0.592. The second kappa shape index (κ2) is 7.41. The molecule has 1 aliphatic rings. The van der Waals surface area contributed by atoms with Gasteiger partial charge in [-0.25, -0.2) is 13.4 Å². The molecule has 2 N–H and O–H groups in total. The van der Waals surface area contributed by atoms with Crippen LogP contribution in [0, 0.1) is 0 Å². The standard InChI is InChI=1S/C17H18ClF3N4O2S/c1-11-10-24(16-9-12(17(19,20)21)8-15(18)23-16)6-7-25(11)28(26,27)14-4-2-13(22)3-5-14/h2-5,8-9,11H,6-7,10,22H2,1H3. The lowest BCUT2D eigenvalue weighted by atomic mass is 10.2. The maximum atomic E-state index is 13.0. The Morgan fingerprint density at radius 3 is 2.39 bits per heavy atom. The van der Waals surface area contributed by atoms with E-state index in [1.165, 1.54) is 28.6 Å². The monoisotopic (exact) mass is 434 g/mol. The number of hydrogen-bond acceptors (Lipinski definition) is 5. The van der Waals surface area contributed by atoms with E-state index in [9.17, 15) is 21.6 Å². The Kier molecular flexibility index (Phi) is 5.48. The third-order valence-electron chi connectivity index (χ3n) is 4.49. The van der Waals surface area contributed by atoms with Gasteiger partial charge in [0.15, 0.2) is 0 Å². The van der Waals surface area contributed by atoms with Crippen molar-refractivity contribution in [3.63, 3.8) is 0 Å². The number of anilines is 2. The van der Waals surface area contributed by atoms with Crippen LogP contribution in [0.4, 0.5) is 24.7 Å². The van der Waals surface area contributed by atoms with Crippen LogP contribution >= 0.6 is 11.6 Å². The Bertz CT molecular complexity index is 967. The summed E-state index contributed by atoms with van der Waals surface area (Å²) in [5.74, 6) is 0.0659. The van der Waals surface area contributed by atoms with Gasteiger partial charge in [0.2, 0.25) is 10.0 Å². The van der Waals surface area contributed by atoms with Crippen molar-refractivity contribution in [3.05, 3.63) is 47.1 Å². The third-order valence-corrected chi connectivity index (χ3v) is 6.71. The first kappa shape index (κ1) is 20.7. The minimum atomic E-state index is -4.55. The molecule has 3 rings (SSSR count). The van der Waals surface area contributed by atoms with E-state index in [1.54, 1.807) is 11.8 Å². The number of nitrogens with two attached hydrogens (primary N) is 1. The largest absolute Gasteiger partial charge is 0.416 e. The van der Waals surface area contributed by atoms with Crippen LogP contribution in [0.3, 0.4) is 0 Å². The summed E-state index contributed by atoms with van der Waals surface area (Å²) in [6.45, 7) is 2.15. The molecule has 1 saturated heterocycles. The molecule has 28 heavy (non-hydrogen) atoms. The molecule has 0 spiro atoms. The van der Waals surface area contributed by atoms with E-state index in [-0.39, 0.29) is 35.5 Å². The Morgan fingerprint density at radius 2 is 1.82 bits per heavy atom. The van der Waals surface area contributed by atoms with Crippen LogP contribution in [0.2, 0.25) is 5.15 Å². The van der Waals surface area contributed by atoms with E-state index in [0.717, 1.165) is 12.1 Å².